The van der Waals surface area contributed by atoms with Gasteiger partial charge >= 0.3 is 0 Å². The first-order valence-corrected chi connectivity index (χ1v) is 36.9. The number of aliphatic hydroxyl groups is 1. The third-order valence-electron chi connectivity index (χ3n) is 11.3. The smallest absolute Gasteiger partial charge is 0.104 e. The van der Waals surface area contributed by atoms with Crippen LogP contribution in [0.3, 0.4) is 0 Å². The van der Waals surface area contributed by atoms with Crippen molar-refractivity contribution in [2.24, 2.45) is 0 Å². The number of hydrogen-bond donors (Lipinski definition) is 2. The fourth-order valence-electron chi connectivity index (χ4n) is 6.74. The largest absolute Gasteiger partial charge is 0.389 e. The Balaban J connectivity index is 0.000000470. The Kier molecular flexibility index (Phi) is 28.1. The molecule has 0 amide bonds. The van der Waals surface area contributed by atoms with E-state index in [0.29, 0.717) is 12.7 Å². The molecule has 0 spiro atoms. The van der Waals surface area contributed by atoms with Crippen LogP contribution in [0, 0.1) is 0 Å². The van der Waals surface area contributed by atoms with Gasteiger partial charge in [-0.2, -0.15) is 0 Å². The molecule has 0 aromatic rings. The van der Waals surface area contributed by atoms with Gasteiger partial charge < -0.3 is 34.4 Å². The van der Waals surface area contributed by atoms with E-state index < -0.39 is 32.3 Å². The van der Waals surface area contributed by atoms with E-state index in [1.165, 1.54) is 68.9 Å². The maximum absolute atomic E-state index is 10.3. The van der Waals surface area contributed by atoms with Crippen molar-refractivity contribution in [3.05, 3.63) is 0 Å². The van der Waals surface area contributed by atoms with Crippen LogP contribution in [0.2, 0.25) is 102 Å². The Morgan fingerprint density at radius 2 is 1.05 bits per heavy atom. The molecule has 3 rings (SSSR count). The zero-order chi connectivity index (χ0) is 42.3. The van der Waals surface area contributed by atoms with Crippen molar-refractivity contribution >= 4 is 32.3 Å². The van der Waals surface area contributed by atoms with Crippen molar-refractivity contribution in [1.82, 2.24) is 29.8 Å². The summed E-state index contributed by atoms with van der Waals surface area (Å²) >= 11 is 0. The van der Waals surface area contributed by atoms with E-state index in [1.54, 1.807) is 0 Å². The van der Waals surface area contributed by atoms with E-state index in [9.17, 15) is 5.11 Å². The molecule has 10 nitrogen and oxygen atoms in total. The van der Waals surface area contributed by atoms with Crippen molar-refractivity contribution in [3.63, 3.8) is 0 Å². The van der Waals surface area contributed by atoms with Crippen LogP contribution in [0.5, 0.6) is 0 Å². The summed E-state index contributed by atoms with van der Waals surface area (Å²) in [7, 11) is 4.74. The van der Waals surface area contributed by atoms with Crippen molar-refractivity contribution in [1.29, 1.82) is 0 Å². The van der Waals surface area contributed by atoms with Crippen molar-refractivity contribution in [2.45, 2.75) is 127 Å². The van der Waals surface area contributed by atoms with Crippen LogP contribution in [-0.2, 0) is 14.2 Å². The molecule has 2 atom stereocenters. The molecular weight excluding hydrogens is 765 g/mol. The molecule has 0 aliphatic carbocycles. The number of aliphatic hydroxyl groups excluding tert-OH is 1. The Hall–Kier alpha value is 0.468. The van der Waals surface area contributed by atoms with Crippen molar-refractivity contribution in [3.8, 4) is 0 Å². The van der Waals surface area contributed by atoms with Crippen LogP contribution in [0.25, 0.3) is 0 Å². The molecule has 0 saturated carbocycles. The number of ether oxygens (including phenoxy) is 3. The Morgan fingerprint density at radius 1 is 0.625 bits per heavy atom. The van der Waals surface area contributed by atoms with Gasteiger partial charge in [0.25, 0.3) is 0 Å². The first kappa shape index (κ1) is 54.5. The van der Waals surface area contributed by atoms with Crippen LogP contribution in [0.4, 0.5) is 0 Å². The molecular formula is C42H98N6O4Si4. The highest BCUT2D eigenvalue weighted by atomic mass is 28.3. The summed E-state index contributed by atoms with van der Waals surface area (Å²) in [6.07, 6.45) is 2.47. The summed E-state index contributed by atoms with van der Waals surface area (Å²) in [5, 5.41) is 13.6. The Labute approximate surface area is 353 Å². The lowest BCUT2D eigenvalue weighted by Gasteiger charge is -2.36. The van der Waals surface area contributed by atoms with E-state index in [0.717, 1.165) is 91.8 Å². The lowest BCUT2D eigenvalue weighted by Crippen LogP contribution is -2.50. The number of nitrogens with zero attached hydrogens (tertiary/aromatic N) is 5. The second-order valence-electron chi connectivity index (χ2n) is 21.8. The number of β-amino-alcohol motifs (C(OH)–C–C–N with tert-alkyl or cyclic N) is 1. The number of epoxide rings is 1. The molecule has 3 fully saturated rings. The molecule has 0 radical (unpaired) electrons. The van der Waals surface area contributed by atoms with Crippen molar-refractivity contribution < 1.29 is 19.3 Å². The summed E-state index contributed by atoms with van der Waals surface area (Å²) < 4.78 is 16.5. The second kappa shape index (κ2) is 28.9. The lowest BCUT2D eigenvalue weighted by molar-refractivity contribution is 0.00698. The minimum absolute atomic E-state index is 0.356. The van der Waals surface area contributed by atoms with Gasteiger partial charge in [0.2, 0.25) is 0 Å². The summed E-state index contributed by atoms with van der Waals surface area (Å²) in [5.41, 5.74) is 0. The van der Waals surface area contributed by atoms with Crippen LogP contribution in [0.1, 0.15) is 12.8 Å². The lowest BCUT2D eigenvalue weighted by atomic mass is 10.2. The summed E-state index contributed by atoms with van der Waals surface area (Å²) in [5.74, 6) is 0. The fourth-order valence-corrected chi connectivity index (χ4v) is 20.9. The predicted molar refractivity (Wildman–Crippen MR) is 256 cm³/mol. The van der Waals surface area contributed by atoms with Gasteiger partial charge in [-0.1, -0.05) is 102 Å². The summed E-state index contributed by atoms with van der Waals surface area (Å²) in [6.45, 7) is 43.5. The molecule has 0 aromatic heterocycles. The molecule has 336 valence electrons. The summed E-state index contributed by atoms with van der Waals surface area (Å²) in [6, 6.07) is 8.71. The maximum Gasteiger partial charge on any atom is 0.104 e. The monoisotopic (exact) mass is 863 g/mol. The normalized spacial score (nSPS) is 19.8. The molecule has 3 saturated heterocycles. The molecule has 3 aliphatic rings. The Morgan fingerprint density at radius 3 is 1.48 bits per heavy atom. The standard InChI is InChI=1S/C21H49N3O2Si2.C13H30O2Si2.C8H19N3/c1-22(2)9-10-23-11-13-24(14-12-23)19-21(25)20-26-15-8-16-28(6,7)18-17-27(3,4)5;1-16(2,3)9-10-17(4,5)8-6-7-14-11-13-12-15-13;1-10(2)7-8-11-5-3-9-4-6-11/h21,25H,8-20H2,1-7H3;13H,6-12H2,1-5H3;9H,3-8H2,1-2H3. The number of piperazine rings is 2. The number of likely N-dealkylation sites (N-methyl/N-ethyl adjacent to an activating group) is 2. The topological polar surface area (TPSA) is 79.5 Å². The molecule has 2 unspecified atom stereocenters. The molecule has 3 aliphatic heterocycles. The number of nitrogens with one attached hydrogen (secondary N) is 1. The highest BCUT2D eigenvalue weighted by molar-refractivity contribution is 6.82. The number of hydrogen-bond acceptors (Lipinski definition) is 10. The Bertz CT molecular complexity index is 953. The van der Waals surface area contributed by atoms with E-state index >= 15 is 0 Å². The highest BCUT2D eigenvalue weighted by Crippen LogP contribution is 2.25. The van der Waals surface area contributed by atoms with Gasteiger partial charge in [0.1, 0.15) is 6.10 Å². The quantitative estimate of drug-likeness (QED) is 0.0591. The van der Waals surface area contributed by atoms with Gasteiger partial charge in [-0.25, -0.2) is 0 Å². The molecule has 3 heterocycles. The van der Waals surface area contributed by atoms with Crippen LogP contribution >= 0.6 is 0 Å². The molecule has 0 bridgehead atoms. The van der Waals surface area contributed by atoms with Crippen LogP contribution < -0.4 is 5.32 Å². The zero-order valence-electron chi connectivity index (χ0n) is 39.9. The zero-order valence-corrected chi connectivity index (χ0v) is 43.9. The highest BCUT2D eigenvalue weighted by Gasteiger charge is 2.26. The van der Waals surface area contributed by atoms with E-state index in [4.69, 9.17) is 14.2 Å². The van der Waals surface area contributed by atoms with E-state index in [2.05, 4.69) is 123 Å². The molecule has 56 heavy (non-hydrogen) atoms. The maximum atomic E-state index is 10.3. The summed E-state index contributed by atoms with van der Waals surface area (Å²) in [4.78, 5) is 11.9. The van der Waals surface area contributed by atoms with Gasteiger partial charge in [-0.3, -0.25) is 14.7 Å². The number of rotatable bonds is 26. The predicted octanol–water partition coefficient (Wildman–Crippen LogP) is 6.27. The average molecular weight is 864 g/mol. The van der Waals surface area contributed by atoms with E-state index in [1.807, 2.05) is 0 Å². The van der Waals surface area contributed by atoms with Gasteiger partial charge in [-0.05, 0) is 41.0 Å². The minimum Gasteiger partial charge on any atom is -0.389 e. The fraction of sp³-hybridized carbons (Fsp3) is 1.00. The molecule has 0 aromatic carbocycles. The first-order valence-electron chi connectivity index (χ1n) is 22.7. The molecule has 2 N–H and O–H groups in total. The second-order valence-corrected chi connectivity index (χ2v) is 43.7. The van der Waals surface area contributed by atoms with Crippen molar-refractivity contribution in [2.75, 3.05) is 146 Å². The van der Waals surface area contributed by atoms with E-state index in [-0.39, 0.29) is 6.10 Å². The van der Waals surface area contributed by atoms with Gasteiger partial charge in [-0.15, -0.1) is 0 Å². The third-order valence-corrected chi connectivity index (χ3v) is 22.4. The van der Waals surface area contributed by atoms with Gasteiger partial charge in [0.05, 0.1) is 25.9 Å². The average Bonchev–Trinajstić information content (AvgIpc) is 3.94. The van der Waals surface area contributed by atoms with Gasteiger partial charge in [0.15, 0.2) is 0 Å². The van der Waals surface area contributed by atoms with Crippen LogP contribution in [0.15, 0.2) is 0 Å². The molecule has 14 heteroatoms. The SMILES string of the molecule is CN(C)CCN1CCN(CC(O)COCCC[Si](C)(C)CC[Si](C)(C)C)CC1.CN(C)CCN1CCNCC1.C[Si](C)(C)CC[Si](C)(C)CCCOCC1CO1. The van der Waals surface area contributed by atoms with Crippen LogP contribution in [-0.4, -0.2) is 220 Å². The third kappa shape index (κ3) is 34.2. The first-order chi connectivity index (χ1) is 26.0. The van der Waals surface area contributed by atoms with Gasteiger partial charge in [0, 0.05) is 131 Å². The minimum atomic E-state index is -1.07.